The van der Waals surface area contributed by atoms with Crippen LogP contribution in [0.3, 0.4) is 0 Å². The summed E-state index contributed by atoms with van der Waals surface area (Å²) in [4.78, 5) is 0. The van der Waals surface area contributed by atoms with E-state index in [0.717, 1.165) is 19.4 Å². The van der Waals surface area contributed by atoms with Crippen molar-refractivity contribution in [3.63, 3.8) is 0 Å². The van der Waals surface area contributed by atoms with Crippen LogP contribution < -0.4 is 5.32 Å². The first-order valence-corrected chi connectivity index (χ1v) is 7.62. The predicted molar refractivity (Wildman–Crippen MR) is 87.2 cm³/mol. The van der Waals surface area contributed by atoms with Gasteiger partial charge in [0, 0.05) is 6.04 Å². The summed E-state index contributed by atoms with van der Waals surface area (Å²) in [7, 11) is 0. The third-order valence-electron chi connectivity index (χ3n) is 3.65. The summed E-state index contributed by atoms with van der Waals surface area (Å²) in [5, 5.41) is 3.54. The van der Waals surface area contributed by atoms with Gasteiger partial charge in [-0.2, -0.15) is 0 Å². The van der Waals surface area contributed by atoms with Gasteiger partial charge in [0.05, 0.1) is 0 Å². The predicted octanol–water partition coefficient (Wildman–Crippen LogP) is 4.21. The summed E-state index contributed by atoms with van der Waals surface area (Å²) in [6.07, 6.45) is 1.91. The zero-order valence-corrected chi connectivity index (χ0v) is 13.1. The van der Waals surface area contributed by atoms with Crippen molar-refractivity contribution in [3.05, 3.63) is 70.5 Å². The van der Waals surface area contributed by atoms with E-state index < -0.39 is 0 Å². The van der Waals surface area contributed by atoms with Crippen LogP contribution in [0.4, 0.5) is 4.39 Å². The molecule has 0 spiro atoms. The molecule has 0 aliphatic carbocycles. The van der Waals surface area contributed by atoms with Crippen LogP contribution in [0.15, 0.2) is 42.5 Å². The van der Waals surface area contributed by atoms with Crippen LogP contribution in [0.25, 0.3) is 0 Å². The lowest BCUT2D eigenvalue weighted by atomic mass is 9.96. The molecule has 2 aromatic carbocycles. The molecule has 2 rings (SSSR count). The monoisotopic (exact) mass is 285 g/mol. The zero-order chi connectivity index (χ0) is 15.2. The smallest absolute Gasteiger partial charge is 0.123 e. The molecule has 0 heterocycles. The first-order valence-electron chi connectivity index (χ1n) is 7.62. The molecule has 0 amide bonds. The van der Waals surface area contributed by atoms with Crippen molar-refractivity contribution in [3.8, 4) is 0 Å². The highest BCUT2D eigenvalue weighted by atomic mass is 19.1. The third kappa shape index (κ3) is 4.98. The van der Waals surface area contributed by atoms with Gasteiger partial charge in [-0.1, -0.05) is 48.4 Å². The number of hydrogen-bond donors (Lipinski definition) is 1. The highest BCUT2D eigenvalue weighted by Crippen LogP contribution is 2.14. The standard InChI is InChI=1S/C19H24FN/c1-4-21-19(12-16-5-7-18(20)8-6-16)13-17-10-14(2)9-15(3)11-17/h5-11,19,21H,4,12-13H2,1-3H3. The summed E-state index contributed by atoms with van der Waals surface area (Å²) in [5.74, 6) is -0.173. The molecule has 21 heavy (non-hydrogen) atoms. The Labute approximate surface area is 127 Å². The fourth-order valence-corrected chi connectivity index (χ4v) is 2.88. The van der Waals surface area contributed by atoms with Gasteiger partial charge in [-0.3, -0.25) is 0 Å². The topological polar surface area (TPSA) is 12.0 Å². The Morgan fingerprint density at radius 2 is 1.48 bits per heavy atom. The molecular weight excluding hydrogens is 261 g/mol. The lowest BCUT2D eigenvalue weighted by Crippen LogP contribution is -2.33. The minimum atomic E-state index is -0.173. The third-order valence-corrected chi connectivity index (χ3v) is 3.65. The molecule has 0 bridgehead atoms. The molecule has 2 aromatic rings. The van der Waals surface area contributed by atoms with Crippen LogP contribution in [0.1, 0.15) is 29.2 Å². The van der Waals surface area contributed by atoms with Crippen LogP contribution in [0, 0.1) is 19.7 Å². The molecule has 1 atom stereocenters. The van der Waals surface area contributed by atoms with Crippen molar-refractivity contribution in [2.24, 2.45) is 0 Å². The first-order chi connectivity index (χ1) is 10.1. The van der Waals surface area contributed by atoms with Gasteiger partial charge in [-0.25, -0.2) is 4.39 Å². The molecular formula is C19H24FN. The Kier molecular flexibility index (Phi) is 5.51. The maximum atomic E-state index is 13.0. The van der Waals surface area contributed by atoms with Crippen molar-refractivity contribution >= 4 is 0 Å². The van der Waals surface area contributed by atoms with Crippen molar-refractivity contribution in [1.82, 2.24) is 5.32 Å². The number of benzene rings is 2. The van der Waals surface area contributed by atoms with Gasteiger partial charge in [0.15, 0.2) is 0 Å². The fraction of sp³-hybridized carbons (Fsp3) is 0.368. The lowest BCUT2D eigenvalue weighted by molar-refractivity contribution is 0.520. The SMILES string of the molecule is CCNC(Cc1ccc(F)cc1)Cc1cc(C)cc(C)c1. The van der Waals surface area contributed by atoms with E-state index in [9.17, 15) is 4.39 Å². The number of likely N-dealkylation sites (N-methyl/N-ethyl adjacent to an activating group) is 1. The van der Waals surface area contributed by atoms with E-state index in [0.29, 0.717) is 6.04 Å². The molecule has 0 radical (unpaired) electrons. The van der Waals surface area contributed by atoms with E-state index >= 15 is 0 Å². The van der Waals surface area contributed by atoms with E-state index in [2.05, 4.69) is 44.3 Å². The summed E-state index contributed by atoms with van der Waals surface area (Å²) >= 11 is 0. The fourth-order valence-electron chi connectivity index (χ4n) is 2.88. The normalized spacial score (nSPS) is 12.4. The number of nitrogens with one attached hydrogen (secondary N) is 1. The Morgan fingerprint density at radius 1 is 0.905 bits per heavy atom. The Morgan fingerprint density at radius 3 is 2.05 bits per heavy atom. The van der Waals surface area contributed by atoms with Crippen molar-refractivity contribution in [1.29, 1.82) is 0 Å². The van der Waals surface area contributed by atoms with Gasteiger partial charge in [-0.15, -0.1) is 0 Å². The maximum absolute atomic E-state index is 13.0. The van der Waals surface area contributed by atoms with Crippen molar-refractivity contribution in [2.45, 2.75) is 39.7 Å². The van der Waals surface area contributed by atoms with Gasteiger partial charge in [0.2, 0.25) is 0 Å². The number of aryl methyl sites for hydroxylation is 2. The first kappa shape index (κ1) is 15.7. The highest BCUT2D eigenvalue weighted by molar-refractivity contribution is 5.29. The zero-order valence-electron chi connectivity index (χ0n) is 13.1. The molecule has 0 saturated carbocycles. The second-order valence-corrected chi connectivity index (χ2v) is 5.79. The van der Waals surface area contributed by atoms with Crippen molar-refractivity contribution < 1.29 is 4.39 Å². The average molecular weight is 285 g/mol. The van der Waals surface area contributed by atoms with Crippen LogP contribution in [0.2, 0.25) is 0 Å². The quantitative estimate of drug-likeness (QED) is 0.838. The lowest BCUT2D eigenvalue weighted by Gasteiger charge is -2.19. The molecule has 112 valence electrons. The second kappa shape index (κ2) is 7.37. The molecule has 1 unspecified atom stereocenters. The van der Waals surface area contributed by atoms with E-state index in [1.54, 1.807) is 0 Å². The van der Waals surface area contributed by atoms with Crippen LogP contribution in [-0.2, 0) is 12.8 Å². The summed E-state index contributed by atoms with van der Waals surface area (Å²) in [6, 6.07) is 13.9. The maximum Gasteiger partial charge on any atom is 0.123 e. The van der Waals surface area contributed by atoms with Crippen LogP contribution in [-0.4, -0.2) is 12.6 Å². The second-order valence-electron chi connectivity index (χ2n) is 5.79. The number of rotatable bonds is 6. The molecule has 0 aliphatic heterocycles. The van der Waals surface area contributed by atoms with E-state index in [-0.39, 0.29) is 5.82 Å². The van der Waals surface area contributed by atoms with E-state index in [1.807, 2.05) is 12.1 Å². The average Bonchev–Trinajstić information content (AvgIpc) is 2.40. The molecule has 0 aliphatic rings. The molecule has 2 heteroatoms. The van der Waals surface area contributed by atoms with E-state index in [4.69, 9.17) is 0 Å². The molecule has 0 aromatic heterocycles. The molecule has 0 fully saturated rings. The van der Waals surface area contributed by atoms with Crippen LogP contribution >= 0.6 is 0 Å². The number of halogens is 1. The van der Waals surface area contributed by atoms with Gasteiger partial charge in [0.25, 0.3) is 0 Å². The van der Waals surface area contributed by atoms with Gasteiger partial charge < -0.3 is 5.32 Å². The van der Waals surface area contributed by atoms with Crippen molar-refractivity contribution in [2.75, 3.05) is 6.54 Å². The number of hydrogen-bond acceptors (Lipinski definition) is 1. The molecule has 1 nitrogen and oxygen atoms in total. The largest absolute Gasteiger partial charge is 0.314 e. The minimum Gasteiger partial charge on any atom is -0.314 e. The van der Waals surface area contributed by atoms with Gasteiger partial charge in [0.1, 0.15) is 5.82 Å². The highest BCUT2D eigenvalue weighted by Gasteiger charge is 2.10. The van der Waals surface area contributed by atoms with E-state index in [1.165, 1.54) is 34.4 Å². The summed E-state index contributed by atoms with van der Waals surface area (Å²) in [6.45, 7) is 7.34. The van der Waals surface area contributed by atoms with Gasteiger partial charge in [-0.05, 0) is 56.5 Å². The molecule has 0 saturated heterocycles. The Hall–Kier alpha value is -1.67. The molecule has 1 N–H and O–H groups in total. The summed E-state index contributed by atoms with van der Waals surface area (Å²) in [5.41, 5.74) is 5.15. The summed E-state index contributed by atoms with van der Waals surface area (Å²) < 4.78 is 13.0. The Balaban J connectivity index is 2.09. The van der Waals surface area contributed by atoms with Crippen LogP contribution in [0.5, 0.6) is 0 Å². The minimum absolute atomic E-state index is 0.173. The Bertz CT molecular complexity index is 554. The van der Waals surface area contributed by atoms with Gasteiger partial charge >= 0.3 is 0 Å².